The molecule has 0 aromatic heterocycles. The van der Waals surface area contributed by atoms with Gasteiger partial charge in [0.1, 0.15) is 6.04 Å². The molecule has 0 aliphatic heterocycles. The van der Waals surface area contributed by atoms with Crippen molar-refractivity contribution in [2.75, 3.05) is 6.54 Å². The highest BCUT2D eigenvalue weighted by molar-refractivity contribution is 5.88. The lowest BCUT2D eigenvalue weighted by molar-refractivity contribution is -0.142. The van der Waals surface area contributed by atoms with Crippen molar-refractivity contribution in [3.05, 3.63) is 0 Å². The lowest BCUT2D eigenvalue weighted by Crippen LogP contribution is -2.51. The molecular formula is C16H30N2O4. The van der Waals surface area contributed by atoms with Crippen LogP contribution in [0.2, 0.25) is 0 Å². The zero-order valence-electron chi connectivity index (χ0n) is 14.3. The molecule has 128 valence electrons. The summed E-state index contributed by atoms with van der Waals surface area (Å²) in [5.74, 6) is -1.83. The number of carboxylic acids is 1. The van der Waals surface area contributed by atoms with Crippen molar-refractivity contribution in [3.63, 3.8) is 0 Å². The van der Waals surface area contributed by atoms with Crippen LogP contribution in [0.5, 0.6) is 0 Å². The minimum absolute atomic E-state index is 0.0643. The van der Waals surface area contributed by atoms with Gasteiger partial charge in [0.15, 0.2) is 0 Å². The quantitative estimate of drug-likeness (QED) is 0.573. The molecule has 2 atom stereocenters. The van der Waals surface area contributed by atoms with Crippen molar-refractivity contribution in [1.82, 2.24) is 10.6 Å². The van der Waals surface area contributed by atoms with E-state index in [0.29, 0.717) is 12.8 Å². The molecule has 0 fully saturated rings. The van der Waals surface area contributed by atoms with Crippen LogP contribution in [-0.2, 0) is 14.4 Å². The SMILES string of the molecule is CCCC(CNC(=O)C(NC(=O)CC(C)C)C(C)C)C(=O)O. The molecule has 0 saturated carbocycles. The van der Waals surface area contributed by atoms with E-state index in [2.05, 4.69) is 10.6 Å². The Bertz CT molecular complexity index is 380. The van der Waals surface area contributed by atoms with Crippen molar-refractivity contribution in [3.8, 4) is 0 Å². The first-order valence-corrected chi connectivity index (χ1v) is 7.98. The van der Waals surface area contributed by atoms with Crippen molar-refractivity contribution < 1.29 is 19.5 Å². The summed E-state index contributed by atoms with van der Waals surface area (Å²) in [4.78, 5) is 35.1. The van der Waals surface area contributed by atoms with Gasteiger partial charge in [0.25, 0.3) is 0 Å². The molecule has 0 radical (unpaired) electrons. The third kappa shape index (κ3) is 8.00. The van der Waals surface area contributed by atoms with E-state index in [1.54, 1.807) is 0 Å². The lowest BCUT2D eigenvalue weighted by Gasteiger charge is -2.23. The predicted octanol–water partition coefficient (Wildman–Crippen LogP) is 1.79. The minimum atomic E-state index is -0.910. The van der Waals surface area contributed by atoms with Gasteiger partial charge in [-0.25, -0.2) is 0 Å². The Hall–Kier alpha value is -1.59. The van der Waals surface area contributed by atoms with E-state index >= 15 is 0 Å². The monoisotopic (exact) mass is 314 g/mol. The van der Waals surface area contributed by atoms with E-state index < -0.39 is 17.9 Å². The summed E-state index contributed by atoms with van der Waals surface area (Å²) in [6, 6.07) is -0.637. The number of hydrogen-bond acceptors (Lipinski definition) is 3. The van der Waals surface area contributed by atoms with Gasteiger partial charge in [0.05, 0.1) is 5.92 Å². The summed E-state index contributed by atoms with van der Waals surface area (Å²) in [7, 11) is 0. The molecule has 2 amide bonds. The molecule has 3 N–H and O–H groups in total. The molecule has 0 aromatic carbocycles. The fourth-order valence-electron chi connectivity index (χ4n) is 2.13. The van der Waals surface area contributed by atoms with E-state index in [9.17, 15) is 14.4 Å². The second kappa shape index (κ2) is 10.2. The van der Waals surface area contributed by atoms with Crippen molar-refractivity contribution in [1.29, 1.82) is 0 Å². The first-order chi connectivity index (χ1) is 10.2. The molecule has 0 aliphatic rings. The van der Waals surface area contributed by atoms with Gasteiger partial charge in [0.2, 0.25) is 11.8 Å². The molecular weight excluding hydrogens is 284 g/mol. The summed E-state index contributed by atoms with van der Waals surface area (Å²) < 4.78 is 0. The molecule has 0 rings (SSSR count). The Labute approximate surface area is 133 Å². The van der Waals surface area contributed by atoms with E-state index in [1.165, 1.54) is 0 Å². The van der Waals surface area contributed by atoms with Gasteiger partial charge in [0, 0.05) is 13.0 Å². The second-order valence-electron chi connectivity index (χ2n) is 6.46. The van der Waals surface area contributed by atoms with Crippen molar-refractivity contribution >= 4 is 17.8 Å². The Balaban J connectivity index is 4.59. The standard InChI is InChI=1S/C16H30N2O4/c1-6-7-12(16(21)22)9-17-15(20)14(11(4)5)18-13(19)8-10(2)3/h10-12,14H,6-9H2,1-5H3,(H,17,20)(H,18,19)(H,21,22). The summed E-state index contributed by atoms with van der Waals surface area (Å²) in [5.41, 5.74) is 0. The zero-order valence-corrected chi connectivity index (χ0v) is 14.3. The Morgan fingerprint density at radius 3 is 2.09 bits per heavy atom. The van der Waals surface area contributed by atoms with Crippen LogP contribution in [0.3, 0.4) is 0 Å². The number of aliphatic carboxylic acids is 1. The van der Waals surface area contributed by atoms with Crippen LogP contribution in [0.1, 0.15) is 53.9 Å². The van der Waals surface area contributed by atoms with Gasteiger partial charge in [-0.05, 0) is 18.3 Å². The maximum atomic E-state index is 12.2. The average molecular weight is 314 g/mol. The van der Waals surface area contributed by atoms with Crippen molar-refractivity contribution in [2.24, 2.45) is 17.8 Å². The summed E-state index contributed by atoms with van der Waals surface area (Å²) in [6.07, 6.45) is 1.62. The van der Waals surface area contributed by atoms with Gasteiger partial charge in [-0.3, -0.25) is 14.4 Å². The normalized spacial score (nSPS) is 13.8. The average Bonchev–Trinajstić information content (AvgIpc) is 2.38. The van der Waals surface area contributed by atoms with Gasteiger partial charge >= 0.3 is 5.97 Å². The highest BCUT2D eigenvalue weighted by atomic mass is 16.4. The van der Waals surface area contributed by atoms with Gasteiger partial charge in [-0.1, -0.05) is 41.0 Å². The van der Waals surface area contributed by atoms with Crippen LogP contribution in [0.15, 0.2) is 0 Å². The molecule has 6 heteroatoms. The fraction of sp³-hybridized carbons (Fsp3) is 0.812. The number of nitrogens with one attached hydrogen (secondary N) is 2. The zero-order chi connectivity index (χ0) is 17.3. The van der Waals surface area contributed by atoms with Gasteiger partial charge in [-0.2, -0.15) is 0 Å². The van der Waals surface area contributed by atoms with E-state index in [4.69, 9.17) is 5.11 Å². The number of rotatable bonds is 10. The van der Waals surface area contributed by atoms with Crippen molar-refractivity contribution in [2.45, 2.75) is 59.9 Å². The molecule has 0 heterocycles. The molecule has 0 bridgehead atoms. The highest BCUT2D eigenvalue weighted by Crippen LogP contribution is 2.08. The fourth-order valence-corrected chi connectivity index (χ4v) is 2.13. The maximum Gasteiger partial charge on any atom is 0.308 e. The van der Waals surface area contributed by atoms with Crippen LogP contribution in [0.25, 0.3) is 0 Å². The highest BCUT2D eigenvalue weighted by Gasteiger charge is 2.26. The van der Waals surface area contributed by atoms with Crippen LogP contribution in [0.4, 0.5) is 0 Å². The molecule has 0 aromatic rings. The summed E-state index contributed by atoms with van der Waals surface area (Å²) in [5, 5.41) is 14.5. The third-order valence-electron chi connectivity index (χ3n) is 3.37. The topological polar surface area (TPSA) is 95.5 Å². The molecule has 0 spiro atoms. The molecule has 2 unspecified atom stereocenters. The molecule has 0 saturated heterocycles. The number of amides is 2. The molecule has 6 nitrogen and oxygen atoms in total. The second-order valence-corrected chi connectivity index (χ2v) is 6.46. The van der Waals surface area contributed by atoms with Crippen LogP contribution in [0, 0.1) is 17.8 Å². The maximum absolute atomic E-state index is 12.2. The largest absolute Gasteiger partial charge is 0.481 e. The van der Waals surface area contributed by atoms with Crippen LogP contribution >= 0.6 is 0 Å². The molecule has 0 aliphatic carbocycles. The first kappa shape index (κ1) is 20.4. The summed E-state index contributed by atoms with van der Waals surface area (Å²) >= 11 is 0. The number of carbonyl (C=O) groups is 3. The van der Waals surface area contributed by atoms with E-state index in [0.717, 1.165) is 6.42 Å². The minimum Gasteiger partial charge on any atom is -0.481 e. The lowest BCUT2D eigenvalue weighted by atomic mass is 10.0. The smallest absolute Gasteiger partial charge is 0.308 e. The molecule has 22 heavy (non-hydrogen) atoms. The summed E-state index contributed by atoms with van der Waals surface area (Å²) in [6.45, 7) is 9.56. The van der Waals surface area contributed by atoms with Gasteiger partial charge in [-0.15, -0.1) is 0 Å². The third-order valence-corrected chi connectivity index (χ3v) is 3.37. The number of carboxylic acid groups (broad SMARTS) is 1. The first-order valence-electron chi connectivity index (χ1n) is 7.98. The van der Waals surface area contributed by atoms with E-state index in [1.807, 2.05) is 34.6 Å². The Morgan fingerprint density at radius 2 is 1.68 bits per heavy atom. The van der Waals surface area contributed by atoms with E-state index in [-0.39, 0.29) is 30.2 Å². The number of carbonyl (C=O) groups excluding carboxylic acids is 2. The Kier molecular flexibility index (Phi) is 9.45. The van der Waals surface area contributed by atoms with Gasteiger partial charge < -0.3 is 15.7 Å². The Morgan fingerprint density at radius 1 is 1.09 bits per heavy atom. The predicted molar refractivity (Wildman–Crippen MR) is 85.3 cm³/mol. The number of hydrogen-bond donors (Lipinski definition) is 3. The van der Waals surface area contributed by atoms with Crippen LogP contribution in [-0.4, -0.2) is 35.5 Å². The van der Waals surface area contributed by atoms with Crippen LogP contribution < -0.4 is 10.6 Å².